The van der Waals surface area contributed by atoms with E-state index in [1.807, 2.05) is 31.2 Å². The van der Waals surface area contributed by atoms with Gasteiger partial charge in [0.05, 0.1) is 24.4 Å². The van der Waals surface area contributed by atoms with Gasteiger partial charge in [0.15, 0.2) is 5.79 Å². The maximum atomic E-state index is 6.10. The van der Waals surface area contributed by atoms with Crippen molar-refractivity contribution in [1.82, 2.24) is 0 Å². The molecule has 2 heterocycles. The first kappa shape index (κ1) is 15.0. The van der Waals surface area contributed by atoms with Crippen LogP contribution in [0.2, 0.25) is 0 Å². The molecule has 2 aliphatic heterocycles. The fourth-order valence-electron chi connectivity index (χ4n) is 2.63. The minimum absolute atomic E-state index is 0.335. The van der Waals surface area contributed by atoms with Crippen molar-refractivity contribution in [3.8, 4) is 0 Å². The molecule has 0 atom stereocenters. The van der Waals surface area contributed by atoms with E-state index in [9.17, 15) is 0 Å². The molecule has 0 radical (unpaired) electrons. The predicted molar refractivity (Wildman–Crippen MR) is 81.4 cm³/mol. The third-order valence-electron chi connectivity index (χ3n) is 4.77. The molecule has 0 aromatic heterocycles. The lowest BCUT2D eigenvalue weighted by molar-refractivity contribution is -0.149. The molecule has 0 saturated carbocycles. The van der Waals surface area contributed by atoms with Crippen LogP contribution in [0.15, 0.2) is 24.3 Å². The fourth-order valence-corrected chi connectivity index (χ4v) is 2.63. The minimum atomic E-state index is -0.667. The van der Waals surface area contributed by atoms with Crippen molar-refractivity contribution >= 4 is 12.6 Å². The second-order valence-electron chi connectivity index (χ2n) is 6.86. The van der Waals surface area contributed by atoms with Gasteiger partial charge in [0.2, 0.25) is 0 Å². The van der Waals surface area contributed by atoms with Crippen LogP contribution in [-0.4, -0.2) is 31.5 Å². The zero-order valence-corrected chi connectivity index (χ0v) is 13.4. The smallest absolute Gasteiger partial charge is 0.399 e. The average Bonchev–Trinajstić information content (AvgIpc) is 2.93. The summed E-state index contributed by atoms with van der Waals surface area (Å²) in [6.07, 6.45) is 0. The molecule has 1 aromatic rings. The highest BCUT2D eigenvalue weighted by molar-refractivity contribution is 6.62. The summed E-state index contributed by atoms with van der Waals surface area (Å²) in [7, 11) is -0.361. The minimum Gasteiger partial charge on any atom is -0.399 e. The number of benzene rings is 1. The second-order valence-corrected chi connectivity index (χ2v) is 6.86. The molecule has 5 heteroatoms. The third kappa shape index (κ3) is 2.53. The highest BCUT2D eigenvalue weighted by Gasteiger charge is 2.51. The van der Waals surface area contributed by atoms with Crippen molar-refractivity contribution in [2.45, 2.75) is 51.6 Å². The van der Waals surface area contributed by atoms with Crippen LogP contribution in [-0.2, 0) is 24.6 Å². The normalized spacial score (nSPS) is 26.2. The quantitative estimate of drug-likeness (QED) is 0.783. The Morgan fingerprint density at radius 2 is 1.48 bits per heavy atom. The van der Waals surface area contributed by atoms with Crippen molar-refractivity contribution in [3.05, 3.63) is 29.8 Å². The first-order chi connectivity index (χ1) is 9.74. The topological polar surface area (TPSA) is 36.9 Å². The van der Waals surface area contributed by atoms with Crippen LogP contribution < -0.4 is 5.46 Å². The van der Waals surface area contributed by atoms with Crippen molar-refractivity contribution in [2.24, 2.45) is 0 Å². The van der Waals surface area contributed by atoms with E-state index in [2.05, 4.69) is 27.7 Å². The largest absolute Gasteiger partial charge is 0.494 e. The van der Waals surface area contributed by atoms with E-state index in [-0.39, 0.29) is 18.3 Å². The van der Waals surface area contributed by atoms with Gasteiger partial charge >= 0.3 is 7.12 Å². The van der Waals surface area contributed by atoms with Gasteiger partial charge in [0.25, 0.3) is 0 Å². The van der Waals surface area contributed by atoms with Crippen molar-refractivity contribution in [2.75, 3.05) is 13.2 Å². The van der Waals surface area contributed by atoms with Crippen LogP contribution in [0.1, 0.15) is 40.2 Å². The highest BCUT2D eigenvalue weighted by Crippen LogP contribution is 2.37. The summed E-state index contributed by atoms with van der Waals surface area (Å²) in [6.45, 7) is 11.4. The lowest BCUT2D eigenvalue weighted by Crippen LogP contribution is -2.41. The molecule has 0 N–H and O–H groups in total. The molecular formula is C16H23BO4. The summed E-state index contributed by atoms with van der Waals surface area (Å²) in [5.41, 5.74) is 1.31. The predicted octanol–water partition coefficient (Wildman–Crippen LogP) is 2.21. The molecule has 4 nitrogen and oxygen atoms in total. The van der Waals surface area contributed by atoms with Gasteiger partial charge in [-0.2, -0.15) is 0 Å². The van der Waals surface area contributed by atoms with E-state index < -0.39 is 5.79 Å². The van der Waals surface area contributed by atoms with Crippen LogP contribution in [0.3, 0.4) is 0 Å². The summed E-state index contributed by atoms with van der Waals surface area (Å²) < 4.78 is 23.6. The number of ether oxygens (including phenoxy) is 2. The molecule has 114 valence electrons. The number of hydrogen-bond acceptors (Lipinski definition) is 4. The van der Waals surface area contributed by atoms with Crippen LogP contribution in [0.4, 0.5) is 0 Å². The van der Waals surface area contributed by atoms with Gasteiger partial charge in [0, 0.05) is 5.56 Å². The molecule has 0 spiro atoms. The molecule has 3 rings (SSSR count). The van der Waals surface area contributed by atoms with Crippen molar-refractivity contribution < 1.29 is 18.8 Å². The molecule has 0 amide bonds. The van der Waals surface area contributed by atoms with Crippen LogP contribution >= 0.6 is 0 Å². The maximum absolute atomic E-state index is 6.10. The molecule has 1 aromatic carbocycles. The van der Waals surface area contributed by atoms with Gasteiger partial charge in [-0.3, -0.25) is 0 Å². The van der Waals surface area contributed by atoms with Gasteiger partial charge in [-0.1, -0.05) is 24.3 Å². The average molecular weight is 290 g/mol. The van der Waals surface area contributed by atoms with Gasteiger partial charge < -0.3 is 18.8 Å². The molecule has 2 fully saturated rings. The van der Waals surface area contributed by atoms with Crippen molar-refractivity contribution in [3.63, 3.8) is 0 Å². The van der Waals surface area contributed by atoms with Crippen LogP contribution in [0, 0.1) is 0 Å². The van der Waals surface area contributed by atoms with E-state index in [4.69, 9.17) is 18.8 Å². The molecule has 21 heavy (non-hydrogen) atoms. The van der Waals surface area contributed by atoms with E-state index in [1.54, 1.807) is 0 Å². The Morgan fingerprint density at radius 3 is 2.05 bits per heavy atom. The Kier molecular flexibility index (Phi) is 3.45. The number of hydrogen-bond donors (Lipinski definition) is 0. The van der Waals surface area contributed by atoms with Gasteiger partial charge in [-0.25, -0.2) is 0 Å². The van der Waals surface area contributed by atoms with Crippen LogP contribution in [0.25, 0.3) is 0 Å². The van der Waals surface area contributed by atoms with E-state index in [1.165, 1.54) is 0 Å². The van der Waals surface area contributed by atoms with E-state index >= 15 is 0 Å². The Labute approximate surface area is 126 Å². The summed E-state index contributed by atoms with van der Waals surface area (Å²) in [5, 5.41) is 0. The summed E-state index contributed by atoms with van der Waals surface area (Å²) >= 11 is 0. The summed E-state index contributed by atoms with van der Waals surface area (Å²) in [5.74, 6) is -0.667. The maximum Gasteiger partial charge on any atom is 0.494 e. The molecular weight excluding hydrogens is 267 g/mol. The zero-order valence-electron chi connectivity index (χ0n) is 13.4. The van der Waals surface area contributed by atoms with Crippen molar-refractivity contribution in [1.29, 1.82) is 0 Å². The first-order valence-electron chi connectivity index (χ1n) is 7.48. The third-order valence-corrected chi connectivity index (χ3v) is 4.77. The van der Waals surface area contributed by atoms with Gasteiger partial charge in [-0.15, -0.1) is 0 Å². The summed E-state index contributed by atoms with van der Waals surface area (Å²) in [6, 6.07) is 8.07. The Hall–Kier alpha value is -0.875. The molecule has 0 aliphatic carbocycles. The second kappa shape index (κ2) is 4.81. The summed E-state index contributed by atoms with van der Waals surface area (Å²) in [4.78, 5) is 0. The first-order valence-corrected chi connectivity index (χ1v) is 7.48. The van der Waals surface area contributed by atoms with Crippen LogP contribution in [0.5, 0.6) is 0 Å². The molecule has 0 bridgehead atoms. The Bertz CT molecular complexity index is 519. The van der Waals surface area contributed by atoms with E-state index in [0.29, 0.717) is 13.2 Å². The zero-order chi connectivity index (χ0) is 15.3. The highest BCUT2D eigenvalue weighted by atomic mass is 16.7. The molecule has 2 saturated heterocycles. The van der Waals surface area contributed by atoms with Gasteiger partial charge in [-0.05, 0) is 40.1 Å². The Balaban J connectivity index is 1.88. The Morgan fingerprint density at radius 1 is 0.905 bits per heavy atom. The molecule has 0 unspecified atom stereocenters. The fraction of sp³-hybridized carbons (Fsp3) is 0.625. The van der Waals surface area contributed by atoms with E-state index in [0.717, 1.165) is 11.0 Å². The monoisotopic (exact) mass is 290 g/mol. The SMILES string of the molecule is CC1(c2cccc(B3OC(C)(C)C(C)(C)O3)c2)OCCO1. The lowest BCUT2D eigenvalue weighted by Gasteiger charge is -2.32. The number of rotatable bonds is 2. The molecule has 2 aliphatic rings. The standard InChI is InChI=1S/C16H23BO4/c1-14(2)15(3,4)21-17(20-14)13-8-6-7-12(11-13)16(5)18-9-10-19-16/h6-8,11H,9-10H2,1-5H3. The van der Waals surface area contributed by atoms with Gasteiger partial charge in [0.1, 0.15) is 0 Å². The lowest BCUT2D eigenvalue weighted by atomic mass is 9.78.